The van der Waals surface area contributed by atoms with Crippen LogP contribution in [0, 0.1) is 11.3 Å². The van der Waals surface area contributed by atoms with Crippen molar-refractivity contribution in [2.45, 2.75) is 45.1 Å². The SMILES string of the molecule is CCN(CC)C(=O)/C(C#N)=C/c1cc(N)c(O)c(OC(=O)OC2(C(=O)OC)CCCC2)c1. The Balaban J connectivity index is 2.30. The number of aromatic hydroxyl groups is 1. The van der Waals surface area contributed by atoms with Crippen LogP contribution in [-0.2, 0) is 19.1 Å². The van der Waals surface area contributed by atoms with E-state index >= 15 is 0 Å². The van der Waals surface area contributed by atoms with Gasteiger partial charge < -0.3 is 30.0 Å². The van der Waals surface area contributed by atoms with Crippen LogP contribution in [0.3, 0.4) is 0 Å². The molecule has 1 fully saturated rings. The molecule has 0 spiro atoms. The Morgan fingerprint density at radius 2 is 1.88 bits per heavy atom. The number of phenols is 1. The van der Waals surface area contributed by atoms with Crippen LogP contribution in [-0.4, -0.2) is 53.8 Å². The van der Waals surface area contributed by atoms with Gasteiger partial charge in [-0.3, -0.25) is 4.79 Å². The predicted octanol–water partition coefficient (Wildman–Crippen LogP) is 2.75. The van der Waals surface area contributed by atoms with Gasteiger partial charge in [-0.05, 0) is 63.3 Å². The summed E-state index contributed by atoms with van der Waals surface area (Å²) in [6.45, 7) is 4.43. The number of nitrogen functional groups attached to an aromatic ring is 1. The van der Waals surface area contributed by atoms with E-state index < -0.39 is 29.4 Å². The summed E-state index contributed by atoms with van der Waals surface area (Å²) >= 11 is 0. The molecule has 0 atom stereocenters. The maximum absolute atomic E-state index is 12.5. The first-order chi connectivity index (χ1) is 15.2. The molecule has 10 nitrogen and oxygen atoms in total. The fourth-order valence-electron chi connectivity index (χ4n) is 3.55. The van der Waals surface area contributed by atoms with Gasteiger partial charge in [0.2, 0.25) is 5.60 Å². The molecule has 0 bridgehead atoms. The molecule has 1 aromatic carbocycles. The van der Waals surface area contributed by atoms with E-state index in [0.717, 1.165) is 0 Å². The van der Waals surface area contributed by atoms with Gasteiger partial charge >= 0.3 is 12.1 Å². The van der Waals surface area contributed by atoms with E-state index in [2.05, 4.69) is 0 Å². The Bertz CT molecular complexity index is 955. The second kappa shape index (κ2) is 10.5. The fraction of sp³-hybridized carbons (Fsp3) is 0.455. The number of hydrogen-bond donors (Lipinski definition) is 2. The number of methoxy groups -OCH3 is 1. The Hall–Kier alpha value is -3.74. The fourth-order valence-corrected chi connectivity index (χ4v) is 3.55. The first-order valence-corrected chi connectivity index (χ1v) is 10.2. The summed E-state index contributed by atoms with van der Waals surface area (Å²) in [4.78, 5) is 38.5. The van der Waals surface area contributed by atoms with Gasteiger partial charge in [0.05, 0.1) is 12.8 Å². The second-order valence-electron chi connectivity index (χ2n) is 7.25. The number of nitriles is 1. The Kier molecular flexibility index (Phi) is 8.07. The third-order valence-electron chi connectivity index (χ3n) is 5.28. The zero-order valence-electron chi connectivity index (χ0n) is 18.3. The highest BCUT2D eigenvalue weighted by Gasteiger charge is 2.47. The molecule has 0 radical (unpaired) electrons. The van der Waals surface area contributed by atoms with Crippen molar-refractivity contribution in [2.24, 2.45) is 0 Å². The molecule has 1 saturated carbocycles. The number of ether oxygens (including phenoxy) is 3. The molecule has 1 aliphatic carbocycles. The monoisotopic (exact) mass is 445 g/mol. The van der Waals surface area contributed by atoms with Crippen LogP contribution in [0.1, 0.15) is 45.1 Å². The standard InChI is InChI=1S/C22H27N3O7/c1-4-25(5-2)19(27)15(13-23)10-14-11-16(24)18(26)17(12-14)31-21(29)32-22(20(28)30-3)8-6-7-9-22/h10-12,26H,4-9,24H2,1-3H3/b15-10+. The van der Waals surface area contributed by atoms with Crippen LogP contribution in [0.5, 0.6) is 11.5 Å². The highest BCUT2D eigenvalue weighted by atomic mass is 16.7. The first-order valence-electron chi connectivity index (χ1n) is 10.2. The van der Waals surface area contributed by atoms with Gasteiger partial charge in [-0.25, -0.2) is 9.59 Å². The van der Waals surface area contributed by atoms with Gasteiger partial charge in [-0.2, -0.15) is 5.26 Å². The van der Waals surface area contributed by atoms with E-state index in [4.69, 9.17) is 19.9 Å². The van der Waals surface area contributed by atoms with Gasteiger partial charge in [0.15, 0.2) is 11.5 Å². The minimum atomic E-state index is -1.44. The third kappa shape index (κ3) is 5.29. The molecule has 172 valence electrons. The van der Waals surface area contributed by atoms with Crippen molar-refractivity contribution in [1.29, 1.82) is 5.26 Å². The maximum Gasteiger partial charge on any atom is 0.515 e. The Labute approximate surface area is 186 Å². The number of carbonyl (C=O) groups excluding carboxylic acids is 3. The van der Waals surface area contributed by atoms with Crippen LogP contribution in [0.25, 0.3) is 6.08 Å². The average molecular weight is 445 g/mol. The minimum absolute atomic E-state index is 0.141. The molecule has 10 heteroatoms. The average Bonchev–Trinajstić information content (AvgIpc) is 3.24. The Morgan fingerprint density at radius 3 is 2.41 bits per heavy atom. The van der Waals surface area contributed by atoms with E-state index in [1.165, 1.54) is 30.2 Å². The van der Waals surface area contributed by atoms with E-state index in [-0.39, 0.29) is 22.6 Å². The quantitative estimate of drug-likeness (QED) is 0.161. The summed E-state index contributed by atoms with van der Waals surface area (Å²) in [6, 6.07) is 4.41. The van der Waals surface area contributed by atoms with Gasteiger partial charge in [0, 0.05) is 13.1 Å². The number of nitrogens with two attached hydrogens (primary N) is 1. The van der Waals surface area contributed by atoms with Crippen molar-refractivity contribution < 1.29 is 33.7 Å². The highest BCUT2D eigenvalue weighted by Crippen LogP contribution is 2.37. The largest absolute Gasteiger partial charge is 0.515 e. The number of phenolic OH excluding ortho intramolecular Hbond substituents is 1. The van der Waals surface area contributed by atoms with Gasteiger partial charge in [0.1, 0.15) is 11.6 Å². The molecule has 1 aromatic rings. The van der Waals surface area contributed by atoms with Crippen LogP contribution in [0.2, 0.25) is 0 Å². The van der Waals surface area contributed by atoms with Crippen molar-refractivity contribution in [3.05, 3.63) is 23.3 Å². The number of anilines is 1. The molecule has 0 aromatic heterocycles. The second-order valence-corrected chi connectivity index (χ2v) is 7.25. The summed E-state index contributed by atoms with van der Waals surface area (Å²) in [7, 11) is 1.20. The van der Waals surface area contributed by atoms with E-state index in [1.807, 2.05) is 6.07 Å². The van der Waals surface area contributed by atoms with Gasteiger partial charge in [0.25, 0.3) is 5.91 Å². The summed E-state index contributed by atoms with van der Waals surface area (Å²) in [5, 5.41) is 19.6. The number of likely N-dealkylation sites (N-methyl/N-ethyl adjacent to an activating group) is 1. The van der Waals surface area contributed by atoms with Gasteiger partial charge in [-0.1, -0.05) is 0 Å². The molecular formula is C22H27N3O7. The van der Waals surface area contributed by atoms with Crippen LogP contribution >= 0.6 is 0 Å². The molecule has 1 amide bonds. The summed E-state index contributed by atoms with van der Waals surface area (Å²) < 4.78 is 15.1. The topological polar surface area (TPSA) is 152 Å². The predicted molar refractivity (Wildman–Crippen MR) is 114 cm³/mol. The molecule has 2 rings (SSSR count). The molecule has 0 heterocycles. The molecular weight excluding hydrogens is 418 g/mol. The lowest BCUT2D eigenvalue weighted by atomic mass is 10.0. The van der Waals surface area contributed by atoms with Crippen molar-refractivity contribution in [3.8, 4) is 17.6 Å². The first kappa shape index (κ1) is 24.5. The molecule has 32 heavy (non-hydrogen) atoms. The van der Waals surface area contributed by atoms with E-state index in [0.29, 0.717) is 38.8 Å². The molecule has 1 aliphatic rings. The number of amides is 1. The number of carbonyl (C=O) groups is 3. The third-order valence-corrected chi connectivity index (χ3v) is 5.28. The number of hydrogen-bond acceptors (Lipinski definition) is 9. The lowest BCUT2D eigenvalue weighted by Crippen LogP contribution is -2.42. The molecule has 0 aliphatic heterocycles. The van der Waals surface area contributed by atoms with E-state index in [1.54, 1.807) is 13.8 Å². The zero-order chi connectivity index (χ0) is 23.9. The van der Waals surface area contributed by atoms with Gasteiger partial charge in [-0.15, -0.1) is 0 Å². The number of nitrogens with zero attached hydrogens (tertiary/aromatic N) is 2. The summed E-state index contributed by atoms with van der Waals surface area (Å²) in [5.41, 5.74) is 4.32. The molecule has 0 unspecified atom stereocenters. The van der Waals surface area contributed by atoms with Crippen molar-refractivity contribution in [3.63, 3.8) is 0 Å². The zero-order valence-corrected chi connectivity index (χ0v) is 18.3. The Morgan fingerprint density at radius 1 is 1.25 bits per heavy atom. The lowest BCUT2D eigenvalue weighted by Gasteiger charge is -2.25. The molecule has 3 N–H and O–H groups in total. The number of esters is 1. The van der Waals surface area contributed by atoms with E-state index in [9.17, 15) is 24.8 Å². The number of benzene rings is 1. The van der Waals surface area contributed by atoms with Crippen LogP contribution < -0.4 is 10.5 Å². The minimum Gasteiger partial charge on any atom is -0.503 e. The van der Waals surface area contributed by atoms with Crippen molar-refractivity contribution in [2.75, 3.05) is 25.9 Å². The summed E-state index contributed by atoms with van der Waals surface area (Å²) in [5.74, 6) is -2.01. The smallest absolute Gasteiger partial charge is 0.503 e. The van der Waals surface area contributed by atoms with Crippen LogP contribution in [0.4, 0.5) is 10.5 Å². The molecule has 0 saturated heterocycles. The van der Waals surface area contributed by atoms with Crippen molar-refractivity contribution >= 4 is 29.8 Å². The maximum atomic E-state index is 12.5. The normalized spacial score (nSPS) is 14.9. The lowest BCUT2D eigenvalue weighted by molar-refractivity contribution is -0.163. The number of rotatable bonds is 7. The van der Waals surface area contributed by atoms with Crippen molar-refractivity contribution in [1.82, 2.24) is 4.90 Å². The highest BCUT2D eigenvalue weighted by molar-refractivity contribution is 6.01. The summed E-state index contributed by atoms with van der Waals surface area (Å²) in [6.07, 6.45) is 2.01. The van der Waals surface area contributed by atoms with Crippen LogP contribution in [0.15, 0.2) is 17.7 Å².